The summed E-state index contributed by atoms with van der Waals surface area (Å²) in [6, 6.07) is 1.83. The summed E-state index contributed by atoms with van der Waals surface area (Å²) < 4.78 is 5.33. The Hall–Kier alpha value is -1.44. The minimum Gasteiger partial charge on any atom is -0.379 e. The van der Waals surface area contributed by atoms with Crippen LogP contribution in [-0.4, -0.2) is 54.3 Å². The van der Waals surface area contributed by atoms with Crippen molar-refractivity contribution in [2.45, 2.75) is 19.8 Å². The highest BCUT2D eigenvalue weighted by atomic mass is 16.5. The Kier molecular flexibility index (Phi) is 5.97. The van der Waals surface area contributed by atoms with E-state index < -0.39 is 0 Å². The SMILES string of the molecule is CCc1nc(NN)cc(NCCCN2CCOCC2)n1. The molecule has 1 fully saturated rings. The van der Waals surface area contributed by atoms with Crippen molar-refractivity contribution in [3.05, 3.63) is 11.9 Å². The van der Waals surface area contributed by atoms with Crippen LogP contribution in [-0.2, 0) is 11.2 Å². The molecule has 0 unspecified atom stereocenters. The van der Waals surface area contributed by atoms with E-state index in [2.05, 4.69) is 25.6 Å². The molecular weight excluding hydrogens is 256 g/mol. The van der Waals surface area contributed by atoms with Gasteiger partial charge in [-0.25, -0.2) is 15.8 Å². The molecule has 1 aliphatic heterocycles. The number of aromatic nitrogens is 2. The molecule has 4 N–H and O–H groups in total. The molecule has 1 aliphatic rings. The molecule has 7 nitrogen and oxygen atoms in total. The number of aryl methyl sites for hydroxylation is 1. The molecular formula is C13H24N6O. The van der Waals surface area contributed by atoms with Crippen molar-refractivity contribution in [1.82, 2.24) is 14.9 Å². The lowest BCUT2D eigenvalue weighted by Gasteiger charge is -2.26. The van der Waals surface area contributed by atoms with Crippen LogP contribution in [0.3, 0.4) is 0 Å². The maximum atomic E-state index is 5.41. The third kappa shape index (κ3) is 4.59. The molecule has 112 valence electrons. The third-order valence-corrected chi connectivity index (χ3v) is 3.30. The van der Waals surface area contributed by atoms with Gasteiger partial charge in [-0.1, -0.05) is 6.92 Å². The molecule has 0 atom stereocenters. The van der Waals surface area contributed by atoms with E-state index in [1.54, 1.807) is 0 Å². The van der Waals surface area contributed by atoms with Crippen molar-refractivity contribution in [3.63, 3.8) is 0 Å². The van der Waals surface area contributed by atoms with Crippen LogP contribution in [0, 0.1) is 0 Å². The lowest BCUT2D eigenvalue weighted by atomic mass is 10.3. The third-order valence-electron chi connectivity index (χ3n) is 3.30. The summed E-state index contributed by atoms with van der Waals surface area (Å²) in [6.07, 6.45) is 1.87. The Labute approximate surface area is 119 Å². The molecule has 2 heterocycles. The Morgan fingerprint density at radius 2 is 2.05 bits per heavy atom. The van der Waals surface area contributed by atoms with Gasteiger partial charge in [0.25, 0.3) is 0 Å². The van der Waals surface area contributed by atoms with Crippen LogP contribution in [0.2, 0.25) is 0 Å². The van der Waals surface area contributed by atoms with Crippen LogP contribution in [0.4, 0.5) is 11.6 Å². The second-order valence-electron chi connectivity index (χ2n) is 4.79. The highest BCUT2D eigenvalue weighted by molar-refractivity contribution is 5.46. The summed E-state index contributed by atoms with van der Waals surface area (Å²) in [5.41, 5.74) is 2.57. The van der Waals surface area contributed by atoms with Gasteiger partial charge in [0, 0.05) is 32.1 Å². The van der Waals surface area contributed by atoms with Crippen LogP contribution < -0.4 is 16.6 Å². The summed E-state index contributed by atoms with van der Waals surface area (Å²) in [6.45, 7) is 7.78. The Bertz CT molecular complexity index is 386. The predicted octanol–water partition coefficient (Wildman–Crippen LogP) is 0.459. The van der Waals surface area contributed by atoms with Gasteiger partial charge < -0.3 is 15.5 Å². The van der Waals surface area contributed by atoms with E-state index in [4.69, 9.17) is 10.6 Å². The Morgan fingerprint density at radius 1 is 1.30 bits per heavy atom. The van der Waals surface area contributed by atoms with E-state index in [0.29, 0.717) is 5.82 Å². The number of hydrazine groups is 1. The van der Waals surface area contributed by atoms with Gasteiger partial charge in [-0.15, -0.1) is 0 Å². The molecule has 0 radical (unpaired) electrons. The van der Waals surface area contributed by atoms with E-state index in [-0.39, 0.29) is 0 Å². The monoisotopic (exact) mass is 280 g/mol. The van der Waals surface area contributed by atoms with Gasteiger partial charge >= 0.3 is 0 Å². The summed E-state index contributed by atoms with van der Waals surface area (Å²) in [5.74, 6) is 7.67. The van der Waals surface area contributed by atoms with Crippen LogP contribution in [0.15, 0.2) is 6.07 Å². The fourth-order valence-corrected chi connectivity index (χ4v) is 2.16. The van der Waals surface area contributed by atoms with Gasteiger partial charge in [0.1, 0.15) is 17.5 Å². The Balaban J connectivity index is 1.75. The van der Waals surface area contributed by atoms with E-state index in [1.165, 1.54) is 0 Å². The number of hydrogen-bond donors (Lipinski definition) is 3. The number of nitrogens with zero attached hydrogens (tertiary/aromatic N) is 3. The average molecular weight is 280 g/mol. The molecule has 20 heavy (non-hydrogen) atoms. The van der Waals surface area contributed by atoms with Crippen LogP contribution in [0.25, 0.3) is 0 Å². The number of morpholine rings is 1. The number of anilines is 2. The molecule has 2 rings (SSSR count). The second kappa shape index (κ2) is 7.98. The summed E-state index contributed by atoms with van der Waals surface area (Å²) >= 11 is 0. The first-order valence-corrected chi connectivity index (χ1v) is 7.20. The average Bonchev–Trinajstić information content (AvgIpc) is 2.52. The van der Waals surface area contributed by atoms with Crippen molar-refractivity contribution in [1.29, 1.82) is 0 Å². The lowest BCUT2D eigenvalue weighted by Crippen LogP contribution is -2.37. The van der Waals surface area contributed by atoms with Gasteiger partial charge in [0.15, 0.2) is 0 Å². The summed E-state index contributed by atoms with van der Waals surface area (Å²) in [7, 11) is 0. The van der Waals surface area contributed by atoms with Crippen LogP contribution in [0.1, 0.15) is 19.2 Å². The fourth-order valence-electron chi connectivity index (χ4n) is 2.16. The van der Waals surface area contributed by atoms with Crippen molar-refractivity contribution >= 4 is 11.6 Å². The molecule has 0 aliphatic carbocycles. The summed E-state index contributed by atoms with van der Waals surface area (Å²) in [5, 5.41) is 3.33. The first-order chi connectivity index (χ1) is 9.81. The van der Waals surface area contributed by atoms with Crippen molar-refractivity contribution in [2.75, 3.05) is 50.1 Å². The maximum absolute atomic E-state index is 5.41. The fraction of sp³-hybridized carbons (Fsp3) is 0.692. The molecule has 1 aromatic heterocycles. The van der Waals surface area contributed by atoms with E-state index >= 15 is 0 Å². The zero-order chi connectivity index (χ0) is 14.2. The topological polar surface area (TPSA) is 88.3 Å². The Morgan fingerprint density at radius 3 is 2.75 bits per heavy atom. The highest BCUT2D eigenvalue weighted by Gasteiger charge is 2.09. The van der Waals surface area contributed by atoms with Crippen molar-refractivity contribution < 1.29 is 4.74 Å². The molecule has 7 heteroatoms. The molecule has 1 aromatic rings. The zero-order valence-corrected chi connectivity index (χ0v) is 12.1. The first-order valence-electron chi connectivity index (χ1n) is 7.20. The van der Waals surface area contributed by atoms with Crippen LogP contribution in [0.5, 0.6) is 0 Å². The maximum Gasteiger partial charge on any atom is 0.145 e. The van der Waals surface area contributed by atoms with Gasteiger partial charge in [-0.05, 0) is 13.0 Å². The minimum atomic E-state index is 0.646. The summed E-state index contributed by atoms with van der Waals surface area (Å²) in [4.78, 5) is 11.1. The smallest absolute Gasteiger partial charge is 0.145 e. The molecule has 0 amide bonds. The van der Waals surface area contributed by atoms with E-state index in [1.807, 2.05) is 13.0 Å². The molecule has 0 aromatic carbocycles. The minimum absolute atomic E-state index is 0.646. The number of hydrogen-bond acceptors (Lipinski definition) is 7. The van der Waals surface area contributed by atoms with Crippen LogP contribution >= 0.6 is 0 Å². The molecule has 0 spiro atoms. The molecule has 0 bridgehead atoms. The van der Waals surface area contributed by atoms with Gasteiger partial charge in [-0.3, -0.25) is 4.90 Å². The predicted molar refractivity (Wildman–Crippen MR) is 79.6 cm³/mol. The number of ether oxygens (including phenoxy) is 1. The lowest BCUT2D eigenvalue weighted by molar-refractivity contribution is 0.0378. The number of nitrogens with one attached hydrogen (secondary N) is 2. The molecule has 0 saturated carbocycles. The first kappa shape index (κ1) is 15.0. The highest BCUT2D eigenvalue weighted by Crippen LogP contribution is 2.10. The number of nitrogen functional groups attached to an aromatic ring is 1. The van der Waals surface area contributed by atoms with E-state index in [9.17, 15) is 0 Å². The quantitative estimate of drug-likeness (QED) is 0.380. The van der Waals surface area contributed by atoms with E-state index in [0.717, 1.165) is 63.9 Å². The largest absolute Gasteiger partial charge is 0.379 e. The normalized spacial score (nSPS) is 16.1. The number of nitrogens with two attached hydrogens (primary N) is 1. The van der Waals surface area contributed by atoms with Crippen molar-refractivity contribution in [3.8, 4) is 0 Å². The van der Waals surface area contributed by atoms with Gasteiger partial charge in [0.05, 0.1) is 13.2 Å². The molecule has 1 saturated heterocycles. The van der Waals surface area contributed by atoms with Crippen molar-refractivity contribution in [2.24, 2.45) is 5.84 Å². The standard InChI is InChI=1S/C13H24N6O/c1-2-11-16-12(10-13(17-11)18-14)15-4-3-5-19-6-8-20-9-7-19/h10H,2-9,14H2,1H3,(H2,15,16,17,18). The second-order valence-corrected chi connectivity index (χ2v) is 4.79. The number of rotatable bonds is 7. The van der Waals surface area contributed by atoms with Gasteiger partial charge in [-0.2, -0.15) is 0 Å². The zero-order valence-electron chi connectivity index (χ0n) is 12.1. The van der Waals surface area contributed by atoms with Gasteiger partial charge in [0.2, 0.25) is 0 Å².